The van der Waals surface area contributed by atoms with Gasteiger partial charge in [0.15, 0.2) is 0 Å². The number of aromatic nitrogens is 1. The molecular weight excluding hydrogens is 803 g/mol. The number of carbonyl (C=O) groups excluding carboxylic acids is 4. The largest absolute Gasteiger partial charge is 0.497 e. The third kappa shape index (κ3) is 9.91. The molecule has 3 aromatic carbocycles. The number of hydrogen-bond donors (Lipinski definition) is 3. The van der Waals surface area contributed by atoms with Gasteiger partial charge in [-0.15, -0.1) is 6.58 Å². The van der Waals surface area contributed by atoms with Gasteiger partial charge in [-0.05, 0) is 69.0 Å². The molecule has 2 aliphatic rings. The maximum absolute atomic E-state index is 14.8. The highest BCUT2D eigenvalue weighted by atomic mass is 32.2. The lowest BCUT2D eigenvalue weighted by Crippen LogP contribution is -2.60. The molecule has 6 rings (SSSR count). The minimum atomic E-state index is -4.37. The van der Waals surface area contributed by atoms with Crippen LogP contribution in [0, 0.1) is 11.3 Å². The molecule has 1 aliphatic heterocycles. The predicted octanol–water partition coefficient (Wildman–Crippen LogP) is 5.77. The Hall–Kier alpha value is -6.16. The number of nitrogens with one attached hydrogen (secondary N) is 3. The number of benzene rings is 3. The second-order valence-electron chi connectivity index (χ2n) is 17.3. The Morgan fingerprint density at radius 1 is 0.918 bits per heavy atom. The molecule has 0 spiro atoms. The van der Waals surface area contributed by atoms with Crippen molar-refractivity contribution in [2.45, 2.75) is 88.6 Å². The number of methoxy groups -OCH3 is 2. The van der Waals surface area contributed by atoms with Crippen molar-refractivity contribution in [3.63, 3.8) is 0 Å². The fourth-order valence-corrected chi connectivity index (χ4v) is 8.35. The Kier molecular flexibility index (Phi) is 12.4. The summed E-state index contributed by atoms with van der Waals surface area (Å²) in [7, 11) is -1.37. The van der Waals surface area contributed by atoms with Crippen LogP contribution in [0.4, 0.5) is 4.79 Å². The summed E-state index contributed by atoms with van der Waals surface area (Å²) < 4.78 is 51.7. The molecule has 1 aliphatic carbocycles. The zero-order valence-electron chi connectivity index (χ0n) is 35.6. The highest BCUT2D eigenvalue weighted by Crippen LogP contribution is 2.45. The molecule has 4 amide bonds. The molecule has 2 heterocycles. The molecule has 1 saturated carbocycles. The molecule has 0 bridgehead atoms. The number of hydrogen-bond acceptors (Lipinski definition) is 11. The van der Waals surface area contributed by atoms with Crippen molar-refractivity contribution in [1.29, 1.82) is 0 Å². The smallest absolute Gasteiger partial charge is 0.408 e. The molecule has 15 nitrogen and oxygen atoms in total. The molecular formula is C45H53N5O10S. The van der Waals surface area contributed by atoms with Crippen LogP contribution < -0.4 is 29.6 Å². The van der Waals surface area contributed by atoms with E-state index in [9.17, 15) is 27.6 Å². The van der Waals surface area contributed by atoms with Crippen molar-refractivity contribution in [3.8, 4) is 28.5 Å². The van der Waals surface area contributed by atoms with E-state index in [2.05, 4.69) is 21.9 Å². The van der Waals surface area contributed by atoms with Gasteiger partial charge in [0.2, 0.25) is 11.8 Å². The van der Waals surface area contributed by atoms with E-state index in [-0.39, 0.29) is 24.3 Å². The summed E-state index contributed by atoms with van der Waals surface area (Å²) in [6.45, 7) is 14.1. The van der Waals surface area contributed by atoms with Crippen LogP contribution in [0.3, 0.4) is 0 Å². The van der Waals surface area contributed by atoms with Crippen molar-refractivity contribution >= 4 is 44.7 Å². The first-order valence-corrected chi connectivity index (χ1v) is 21.3. The summed E-state index contributed by atoms with van der Waals surface area (Å²) in [5.41, 5.74) is -1.37. The number of fused-ring (bicyclic) bond motifs is 1. The molecule has 0 unspecified atom stereocenters. The fourth-order valence-electron chi connectivity index (χ4n) is 7.32. The van der Waals surface area contributed by atoms with E-state index in [1.54, 1.807) is 66.9 Å². The molecule has 0 radical (unpaired) electrons. The Morgan fingerprint density at radius 2 is 1.57 bits per heavy atom. The van der Waals surface area contributed by atoms with Crippen LogP contribution in [0.25, 0.3) is 22.2 Å². The second-order valence-corrected chi connectivity index (χ2v) is 19.0. The monoisotopic (exact) mass is 855 g/mol. The van der Waals surface area contributed by atoms with Crippen LogP contribution in [0.2, 0.25) is 0 Å². The molecule has 1 saturated heterocycles. The normalized spacial score (nSPS) is 20.5. The number of likely N-dealkylation sites (tertiary alicyclic amines) is 1. The summed E-state index contributed by atoms with van der Waals surface area (Å²) >= 11 is 0. The molecule has 2 fully saturated rings. The molecule has 4 aromatic rings. The predicted molar refractivity (Wildman–Crippen MR) is 228 cm³/mol. The van der Waals surface area contributed by atoms with Crippen molar-refractivity contribution in [3.05, 3.63) is 91.5 Å². The quantitative estimate of drug-likeness (QED) is 0.138. The average molecular weight is 856 g/mol. The van der Waals surface area contributed by atoms with Gasteiger partial charge < -0.3 is 34.5 Å². The van der Waals surface area contributed by atoms with Gasteiger partial charge in [-0.1, -0.05) is 57.2 Å². The third-order valence-electron chi connectivity index (χ3n) is 10.6. The Morgan fingerprint density at radius 3 is 2.16 bits per heavy atom. The van der Waals surface area contributed by atoms with Crippen LogP contribution in [0.15, 0.2) is 96.4 Å². The second kappa shape index (κ2) is 17.1. The van der Waals surface area contributed by atoms with Crippen molar-refractivity contribution < 1.29 is 46.5 Å². The van der Waals surface area contributed by atoms with Gasteiger partial charge in [0.25, 0.3) is 15.9 Å². The molecule has 1 aromatic heterocycles. The molecule has 16 heteroatoms. The lowest BCUT2D eigenvalue weighted by Gasteiger charge is -2.36. The molecule has 324 valence electrons. The standard InChI is InChI=1S/C45H53N5O10S/c1-10-28-25-45(28,41(53)49-61(55,56)32-19-16-29(57-8)17-20-32)48-39(51)36-23-31(26-50(36)40(52)38(43(2,3)4)47-42(54)60-44(5,6)7)59-37-24-34(27-14-12-11-13-15-27)46-35-22-30(58-9)18-21-33(35)37/h10-22,24,28,31,36,38H,1,23,25-26H2,2-9H3,(H,47,54)(H,48,51)(H,49,53)/t28-,31-,36+,38-,45-/m1/s1. The van der Waals surface area contributed by atoms with Gasteiger partial charge in [0.1, 0.15) is 46.6 Å². The fraction of sp³-hybridized carbons (Fsp3) is 0.400. The third-order valence-corrected chi connectivity index (χ3v) is 12.0. The Bertz CT molecular complexity index is 2430. The maximum atomic E-state index is 14.8. The van der Waals surface area contributed by atoms with Gasteiger partial charge in [-0.3, -0.25) is 14.4 Å². The SMILES string of the molecule is C=C[C@@H]1C[C@]1(NC(=O)[C@@H]1C[C@@H](Oc2cc(-c3ccccc3)nc3cc(OC)ccc23)CN1C(=O)[C@@H](NC(=O)OC(C)(C)C)C(C)(C)C)C(=O)NS(=O)(=O)c1ccc(OC)cc1. The van der Waals surface area contributed by atoms with Crippen LogP contribution in [0.5, 0.6) is 17.2 Å². The number of nitrogens with zero attached hydrogens (tertiary/aromatic N) is 2. The van der Waals surface area contributed by atoms with Crippen LogP contribution >= 0.6 is 0 Å². The summed E-state index contributed by atoms with van der Waals surface area (Å²) in [6, 6.07) is 19.8. The van der Waals surface area contributed by atoms with E-state index in [1.165, 1.54) is 42.4 Å². The van der Waals surface area contributed by atoms with Crippen LogP contribution in [0.1, 0.15) is 54.4 Å². The first-order valence-electron chi connectivity index (χ1n) is 19.8. The zero-order valence-corrected chi connectivity index (χ0v) is 36.4. The van der Waals surface area contributed by atoms with E-state index in [1.807, 2.05) is 36.4 Å². The lowest BCUT2D eigenvalue weighted by atomic mass is 9.85. The maximum Gasteiger partial charge on any atom is 0.408 e. The molecule has 61 heavy (non-hydrogen) atoms. The summed E-state index contributed by atoms with van der Waals surface area (Å²) in [6.07, 6.45) is -0.0827. The minimum Gasteiger partial charge on any atom is -0.497 e. The van der Waals surface area contributed by atoms with Crippen LogP contribution in [-0.4, -0.2) is 92.2 Å². The number of alkyl carbamates (subject to hydrolysis) is 1. The summed E-state index contributed by atoms with van der Waals surface area (Å²) in [5, 5.41) is 6.18. The van der Waals surface area contributed by atoms with E-state index in [0.717, 1.165) is 5.56 Å². The van der Waals surface area contributed by atoms with Gasteiger partial charge in [0.05, 0.1) is 36.9 Å². The number of pyridine rings is 1. The summed E-state index contributed by atoms with van der Waals surface area (Å²) in [5.74, 6) is -1.44. The highest BCUT2D eigenvalue weighted by Gasteiger charge is 2.61. The number of sulfonamides is 1. The molecule has 3 N–H and O–H groups in total. The van der Waals surface area contributed by atoms with E-state index in [0.29, 0.717) is 33.8 Å². The van der Waals surface area contributed by atoms with Gasteiger partial charge in [0, 0.05) is 35.4 Å². The number of amides is 4. The zero-order chi connectivity index (χ0) is 44.5. The topological polar surface area (TPSA) is 192 Å². The number of carbonyl (C=O) groups is 4. The average Bonchev–Trinajstić information content (AvgIpc) is 3.77. The minimum absolute atomic E-state index is 0.0257. The molecule has 5 atom stereocenters. The van der Waals surface area contributed by atoms with Crippen molar-refractivity contribution in [1.82, 2.24) is 25.2 Å². The number of ether oxygens (including phenoxy) is 4. The lowest BCUT2D eigenvalue weighted by molar-refractivity contribution is -0.143. The van der Waals surface area contributed by atoms with E-state index < -0.39 is 74.5 Å². The van der Waals surface area contributed by atoms with Crippen LogP contribution in [-0.2, 0) is 29.1 Å². The first-order chi connectivity index (χ1) is 28.7. The highest BCUT2D eigenvalue weighted by molar-refractivity contribution is 7.90. The van der Waals surface area contributed by atoms with E-state index in [4.69, 9.17) is 23.9 Å². The first kappa shape index (κ1) is 44.4. The van der Waals surface area contributed by atoms with Gasteiger partial charge in [-0.25, -0.2) is 22.9 Å². The summed E-state index contributed by atoms with van der Waals surface area (Å²) in [4.78, 5) is 62.5. The number of rotatable bonds is 13. The van der Waals surface area contributed by atoms with Crippen molar-refractivity contribution in [2.24, 2.45) is 11.3 Å². The Labute approximate surface area is 356 Å². The van der Waals surface area contributed by atoms with Gasteiger partial charge in [-0.2, -0.15) is 0 Å². The van der Waals surface area contributed by atoms with E-state index >= 15 is 0 Å². The Balaban J connectivity index is 1.34. The van der Waals surface area contributed by atoms with Crippen molar-refractivity contribution in [2.75, 3.05) is 20.8 Å². The van der Waals surface area contributed by atoms with Gasteiger partial charge >= 0.3 is 6.09 Å².